The van der Waals surface area contributed by atoms with E-state index < -0.39 is 13.7 Å². The maximum Gasteiger partial charge on any atom is 0.191 e. The summed E-state index contributed by atoms with van der Waals surface area (Å²) in [7, 11) is -1.84. The van der Waals surface area contributed by atoms with E-state index in [9.17, 15) is 9.59 Å². The predicted octanol–water partition coefficient (Wildman–Crippen LogP) is 6.89. The number of carbonyl (C=O) groups excluding carboxylic acids is 2. The molecule has 31 heavy (non-hydrogen) atoms. The molecule has 4 aliphatic rings. The van der Waals surface area contributed by atoms with Gasteiger partial charge in [0.05, 0.1) is 5.41 Å². The zero-order chi connectivity index (χ0) is 23.5. The zero-order valence-electron chi connectivity index (χ0n) is 21.2. The van der Waals surface area contributed by atoms with Gasteiger partial charge in [-0.05, 0) is 80.0 Å². The van der Waals surface area contributed by atoms with Crippen LogP contribution in [0.2, 0.25) is 18.1 Å². The summed E-state index contributed by atoms with van der Waals surface area (Å²) in [5, 5.41) is 0.164. The van der Waals surface area contributed by atoms with Crippen molar-refractivity contribution in [1.82, 2.24) is 0 Å². The van der Waals surface area contributed by atoms with Crippen molar-refractivity contribution in [2.45, 2.75) is 98.2 Å². The number of carbonyl (C=O) groups is 2. The number of hydrogen-bond donors (Lipinski definition) is 0. The quantitative estimate of drug-likeness (QED) is 0.244. The van der Waals surface area contributed by atoms with Crippen molar-refractivity contribution in [3.63, 3.8) is 0 Å². The van der Waals surface area contributed by atoms with Gasteiger partial charge in [-0.1, -0.05) is 54.2 Å². The number of Topliss-reactive ketones (excluding diaryl/α,β-unsaturated/α-hetero) is 1. The molecule has 3 fully saturated rings. The van der Waals surface area contributed by atoms with E-state index in [0.29, 0.717) is 30.6 Å². The second kappa shape index (κ2) is 7.80. The van der Waals surface area contributed by atoms with Gasteiger partial charge >= 0.3 is 0 Å². The molecule has 0 N–H and O–H groups in total. The molecule has 0 aromatic carbocycles. The highest BCUT2D eigenvalue weighted by molar-refractivity contribution is 6.74. The Morgan fingerprint density at radius 3 is 2.52 bits per heavy atom. The van der Waals surface area contributed by atoms with Crippen molar-refractivity contribution >= 4 is 19.9 Å². The Morgan fingerprint density at radius 2 is 1.94 bits per heavy atom. The van der Waals surface area contributed by atoms with Crippen LogP contribution in [-0.4, -0.2) is 26.5 Å². The lowest BCUT2D eigenvalue weighted by Gasteiger charge is -2.67. The molecule has 0 radical (unpaired) electrons. The molecule has 0 saturated heterocycles. The van der Waals surface area contributed by atoms with Crippen molar-refractivity contribution in [2.75, 3.05) is 6.61 Å². The minimum absolute atomic E-state index is 0.0515. The van der Waals surface area contributed by atoms with Gasteiger partial charge in [-0.25, -0.2) is 0 Å². The smallest absolute Gasteiger partial charge is 0.191 e. The Labute approximate surface area is 191 Å². The van der Waals surface area contributed by atoms with Gasteiger partial charge in [0.1, 0.15) is 5.78 Å². The minimum atomic E-state index is -1.84. The van der Waals surface area contributed by atoms with E-state index in [1.54, 1.807) is 0 Å². The van der Waals surface area contributed by atoms with Crippen LogP contribution in [0.1, 0.15) is 80.1 Å². The first-order chi connectivity index (χ1) is 14.2. The third-order valence-corrected chi connectivity index (χ3v) is 14.7. The van der Waals surface area contributed by atoms with Crippen LogP contribution in [-0.2, 0) is 14.0 Å². The van der Waals surface area contributed by atoms with Gasteiger partial charge in [0.2, 0.25) is 0 Å². The topological polar surface area (TPSA) is 43.4 Å². The minimum Gasteiger partial charge on any atom is -0.417 e. The molecular weight excluding hydrogens is 400 g/mol. The fourth-order valence-electron chi connectivity index (χ4n) is 6.94. The van der Waals surface area contributed by atoms with Crippen LogP contribution in [0.5, 0.6) is 0 Å². The average Bonchev–Trinajstić information content (AvgIpc) is 2.79. The molecule has 5 atom stereocenters. The Morgan fingerprint density at radius 1 is 1.29 bits per heavy atom. The van der Waals surface area contributed by atoms with Crippen molar-refractivity contribution in [3.05, 3.63) is 24.3 Å². The first-order valence-corrected chi connectivity index (χ1v) is 15.2. The standard InChI is InChI=1S/C27H44O3Si/c1-10-22(28)21-14-11-13-20-19(2)25(6)16-17-26(20,7)27(21,23(25)29)15-12-18-30-31(8,9)24(3,4)5/h10,14,19-20H,1,11-13,15-18H2,2-9H3/t19-,20+,25?,26+,27+/m1/s1. The van der Waals surface area contributed by atoms with Crippen LogP contribution in [0.4, 0.5) is 0 Å². The lowest BCUT2D eigenvalue weighted by Crippen LogP contribution is -2.68. The van der Waals surface area contributed by atoms with Crippen LogP contribution in [0.25, 0.3) is 0 Å². The fraction of sp³-hybridized carbons (Fsp3) is 0.778. The maximum absolute atomic E-state index is 14.3. The molecule has 0 aromatic heterocycles. The molecule has 4 rings (SSSR count). The lowest BCUT2D eigenvalue weighted by molar-refractivity contribution is -0.191. The van der Waals surface area contributed by atoms with E-state index >= 15 is 0 Å². The van der Waals surface area contributed by atoms with Gasteiger partial charge in [-0.15, -0.1) is 0 Å². The molecule has 0 aliphatic heterocycles. The highest BCUT2D eigenvalue weighted by Crippen LogP contribution is 2.72. The first kappa shape index (κ1) is 24.6. The van der Waals surface area contributed by atoms with Gasteiger partial charge < -0.3 is 4.43 Å². The monoisotopic (exact) mass is 444 g/mol. The highest BCUT2D eigenvalue weighted by Gasteiger charge is 2.72. The molecule has 3 saturated carbocycles. The summed E-state index contributed by atoms with van der Waals surface area (Å²) in [4.78, 5) is 27.5. The average molecular weight is 445 g/mol. The lowest BCUT2D eigenvalue weighted by atomic mass is 9.34. The third kappa shape index (κ3) is 3.39. The van der Waals surface area contributed by atoms with E-state index in [1.807, 2.05) is 0 Å². The second-order valence-electron chi connectivity index (χ2n) is 12.4. The first-order valence-electron chi connectivity index (χ1n) is 12.3. The summed E-state index contributed by atoms with van der Waals surface area (Å²) in [5.41, 5.74) is -0.467. The molecule has 0 amide bonds. The predicted molar refractivity (Wildman–Crippen MR) is 130 cm³/mol. The van der Waals surface area contributed by atoms with Crippen molar-refractivity contribution in [1.29, 1.82) is 0 Å². The molecule has 3 nitrogen and oxygen atoms in total. The van der Waals surface area contributed by atoms with Crippen LogP contribution in [0, 0.1) is 28.1 Å². The Bertz CT molecular complexity index is 804. The number of ketones is 2. The van der Waals surface area contributed by atoms with Gasteiger partial charge in [-0.2, -0.15) is 0 Å². The van der Waals surface area contributed by atoms with E-state index in [-0.39, 0.29) is 21.7 Å². The van der Waals surface area contributed by atoms with Gasteiger partial charge in [0.15, 0.2) is 14.1 Å². The SMILES string of the molecule is C=CC(=O)C1=CCC[C@H]2[C@@H](C)C3(C)CC[C@]2(C)[C@]1(CCCO[Si](C)(C)C(C)(C)C)C3=O. The molecule has 0 heterocycles. The van der Waals surface area contributed by atoms with Crippen LogP contribution >= 0.6 is 0 Å². The number of rotatable bonds is 7. The summed E-state index contributed by atoms with van der Waals surface area (Å²) in [5.74, 6) is 1.09. The van der Waals surface area contributed by atoms with E-state index in [1.165, 1.54) is 6.08 Å². The Hall–Kier alpha value is -1.00. The maximum atomic E-state index is 14.3. The van der Waals surface area contributed by atoms with Crippen molar-refractivity contribution in [2.24, 2.45) is 28.1 Å². The summed E-state index contributed by atoms with van der Waals surface area (Å²) in [6, 6.07) is 0. The molecule has 0 aromatic rings. The van der Waals surface area contributed by atoms with Crippen LogP contribution in [0.15, 0.2) is 24.3 Å². The molecule has 1 unspecified atom stereocenters. The molecule has 4 aliphatic carbocycles. The summed E-state index contributed by atoms with van der Waals surface area (Å²) < 4.78 is 6.47. The van der Waals surface area contributed by atoms with Crippen molar-refractivity contribution in [3.8, 4) is 0 Å². The van der Waals surface area contributed by atoms with Crippen LogP contribution in [0.3, 0.4) is 0 Å². The van der Waals surface area contributed by atoms with Gasteiger partial charge in [0.25, 0.3) is 0 Å². The zero-order valence-corrected chi connectivity index (χ0v) is 22.2. The fourth-order valence-corrected chi connectivity index (χ4v) is 8.03. The Balaban J connectivity index is 2.00. The van der Waals surface area contributed by atoms with Gasteiger partial charge in [-0.3, -0.25) is 9.59 Å². The van der Waals surface area contributed by atoms with Crippen LogP contribution < -0.4 is 0 Å². The normalized spacial score (nSPS) is 37.9. The summed E-state index contributed by atoms with van der Waals surface area (Å²) in [6.07, 6.45) is 8.95. The second-order valence-corrected chi connectivity index (χ2v) is 17.2. The van der Waals surface area contributed by atoms with E-state index in [0.717, 1.165) is 37.7 Å². The molecule has 174 valence electrons. The summed E-state index contributed by atoms with van der Waals surface area (Å²) >= 11 is 0. The molecular formula is C27H44O3Si. The number of allylic oxidation sites excluding steroid dienone is 3. The van der Waals surface area contributed by atoms with Crippen molar-refractivity contribution < 1.29 is 14.0 Å². The Kier molecular flexibility index (Phi) is 6.19. The highest BCUT2D eigenvalue weighted by atomic mass is 28.4. The molecule has 4 heteroatoms. The molecule has 0 spiro atoms. The summed E-state index contributed by atoms with van der Waals surface area (Å²) in [6.45, 7) is 22.5. The number of hydrogen-bond acceptors (Lipinski definition) is 3. The third-order valence-electron chi connectivity index (χ3n) is 10.2. The largest absolute Gasteiger partial charge is 0.417 e. The number of fused-ring (bicyclic) bond motifs is 1. The van der Waals surface area contributed by atoms with E-state index in [4.69, 9.17) is 4.43 Å². The molecule has 4 bridgehead atoms. The van der Waals surface area contributed by atoms with E-state index in [2.05, 4.69) is 67.3 Å². The van der Waals surface area contributed by atoms with Gasteiger partial charge in [0, 0.05) is 17.6 Å².